The lowest BCUT2D eigenvalue weighted by Gasteiger charge is -2.40. The third-order valence-corrected chi connectivity index (χ3v) is 6.01. The van der Waals surface area contributed by atoms with Gasteiger partial charge in [0.25, 0.3) is 0 Å². The summed E-state index contributed by atoms with van der Waals surface area (Å²) in [5, 5.41) is 10.4. The van der Waals surface area contributed by atoms with Crippen molar-refractivity contribution in [3.63, 3.8) is 0 Å². The van der Waals surface area contributed by atoms with Gasteiger partial charge < -0.3 is 14.3 Å². The van der Waals surface area contributed by atoms with Crippen LogP contribution in [0.1, 0.15) is 59.3 Å². The smallest absolute Gasteiger partial charge is 0.126 e. The zero-order valence-corrected chi connectivity index (χ0v) is 15.3. The van der Waals surface area contributed by atoms with E-state index >= 15 is 0 Å². The van der Waals surface area contributed by atoms with Gasteiger partial charge in [-0.05, 0) is 49.9 Å². The summed E-state index contributed by atoms with van der Waals surface area (Å²) < 4.78 is 7.24. The standard InChI is InChI=1S/C19H38NO2/c1-15(2)18-9-8-16(3)12-19(18)22-14-17(21)13-20(4)10-6-5-7-11-20/h15-19,21H,5-14H2,1-4H3/q+1/t16-,17-,18+,19-/m0/s1. The largest absolute Gasteiger partial charge is 0.385 e. The molecule has 2 aliphatic rings. The van der Waals surface area contributed by atoms with Crippen LogP contribution in [0, 0.1) is 17.8 Å². The highest BCUT2D eigenvalue weighted by Gasteiger charge is 2.33. The lowest BCUT2D eigenvalue weighted by atomic mass is 9.75. The van der Waals surface area contributed by atoms with E-state index in [1.54, 1.807) is 0 Å². The Morgan fingerprint density at radius 1 is 1.14 bits per heavy atom. The van der Waals surface area contributed by atoms with Gasteiger partial charge in [0.05, 0.1) is 32.8 Å². The number of likely N-dealkylation sites (N-methyl/N-ethyl adjacent to an activating group) is 1. The van der Waals surface area contributed by atoms with Crippen LogP contribution in [0.5, 0.6) is 0 Å². The van der Waals surface area contributed by atoms with Crippen LogP contribution in [0.4, 0.5) is 0 Å². The first-order chi connectivity index (χ1) is 10.4. The Kier molecular flexibility index (Phi) is 6.73. The van der Waals surface area contributed by atoms with Crippen LogP contribution in [0.25, 0.3) is 0 Å². The van der Waals surface area contributed by atoms with Crippen molar-refractivity contribution in [3.05, 3.63) is 0 Å². The molecule has 1 aliphatic carbocycles. The van der Waals surface area contributed by atoms with Gasteiger partial charge in [0, 0.05) is 0 Å². The van der Waals surface area contributed by atoms with E-state index in [9.17, 15) is 5.11 Å². The monoisotopic (exact) mass is 312 g/mol. The molecule has 4 atom stereocenters. The second kappa shape index (κ2) is 8.12. The third-order valence-electron chi connectivity index (χ3n) is 6.01. The van der Waals surface area contributed by atoms with Crippen LogP contribution < -0.4 is 0 Å². The molecule has 0 aromatic heterocycles. The number of aliphatic hydroxyl groups excluding tert-OH is 1. The van der Waals surface area contributed by atoms with E-state index in [2.05, 4.69) is 27.8 Å². The number of quaternary nitrogens is 1. The molecule has 0 amide bonds. The first-order valence-electron chi connectivity index (χ1n) is 9.53. The van der Waals surface area contributed by atoms with Gasteiger partial charge in [-0.2, -0.15) is 0 Å². The molecule has 2 fully saturated rings. The Hall–Kier alpha value is -0.120. The number of hydrogen-bond donors (Lipinski definition) is 1. The fourth-order valence-electron chi connectivity index (χ4n) is 4.56. The molecule has 1 aliphatic heterocycles. The Morgan fingerprint density at radius 2 is 1.82 bits per heavy atom. The molecular weight excluding hydrogens is 274 g/mol. The number of aliphatic hydroxyl groups is 1. The maximum atomic E-state index is 10.4. The number of rotatable bonds is 6. The van der Waals surface area contributed by atoms with Gasteiger partial charge in [-0.3, -0.25) is 0 Å². The molecule has 1 N–H and O–H groups in total. The lowest BCUT2D eigenvalue weighted by Crippen LogP contribution is -2.53. The molecule has 1 saturated carbocycles. The molecule has 0 unspecified atom stereocenters. The lowest BCUT2D eigenvalue weighted by molar-refractivity contribution is -0.916. The maximum Gasteiger partial charge on any atom is 0.126 e. The van der Waals surface area contributed by atoms with E-state index in [0.29, 0.717) is 24.5 Å². The molecule has 1 saturated heterocycles. The van der Waals surface area contributed by atoms with Gasteiger partial charge in [-0.1, -0.05) is 27.2 Å². The quantitative estimate of drug-likeness (QED) is 0.761. The molecule has 0 aromatic carbocycles. The zero-order valence-electron chi connectivity index (χ0n) is 15.3. The molecular formula is C19H38NO2+. The molecule has 22 heavy (non-hydrogen) atoms. The fourth-order valence-corrected chi connectivity index (χ4v) is 4.56. The topological polar surface area (TPSA) is 29.5 Å². The zero-order chi connectivity index (χ0) is 16.2. The average molecular weight is 313 g/mol. The third kappa shape index (κ3) is 5.21. The molecule has 0 bridgehead atoms. The van der Waals surface area contributed by atoms with Gasteiger partial charge in [0.15, 0.2) is 0 Å². The minimum atomic E-state index is -0.312. The van der Waals surface area contributed by atoms with Crippen LogP contribution in [0.2, 0.25) is 0 Å². The van der Waals surface area contributed by atoms with Crippen molar-refractivity contribution in [1.82, 2.24) is 0 Å². The highest BCUT2D eigenvalue weighted by Crippen LogP contribution is 2.35. The molecule has 1 heterocycles. The van der Waals surface area contributed by atoms with E-state index in [1.807, 2.05) is 0 Å². The fraction of sp³-hybridized carbons (Fsp3) is 1.00. The van der Waals surface area contributed by atoms with Gasteiger partial charge >= 0.3 is 0 Å². The number of nitrogens with zero attached hydrogens (tertiary/aromatic N) is 1. The summed E-state index contributed by atoms with van der Waals surface area (Å²) in [6.07, 6.45) is 7.79. The highest BCUT2D eigenvalue weighted by molar-refractivity contribution is 4.81. The predicted octanol–water partition coefficient (Wildman–Crippen LogP) is 3.46. The minimum Gasteiger partial charge on any atom is -0.385 e. The molecule has 3 nitrogen and oxygen atoms in total. The first kappa shape index (κ1) is 18.2. The number of likely N-dealkylation sites (tertiary alicyclic amines) is 1. The molecule has 130 valence electrons. The van der Waals surface area contributed by atoms with Gasteiger partial charge in [0.2, 0.25) is 0 Å². The van der Waals surface area contributed by atoms with E-state index in [1.165, 1.54) is 51.6 Å². The van der Waals surface area contributed by atoms with Crippen molar-refractivity contribution < 1.29 is 14.3 Å². The molecule has 2 rings (SSSR count). The molecule has 0 radical (unpaired) electrons. The summed E-state index contributed by atoms with van der Waals surface area (Å²) in [4.78, 5) is 0. The molecule has 0 aromatic rings. The minimum absolute atomic E-state index is 0.312. The summed E-state index contributed by atoms with van der Waals surface area (Å²) in [5.41, 5.74) is 0. The van der Waals surface area contributed by atoms with Crippen molar-refractivity contribution in [3.8, 4) is 0 Å². The van der Waals surface area contributed by atoms with E-state index < -0.39 is 0 Å². The van der Waals surface area contributed by atoms with Crippen molar-refractivity contribution in [2.24, 2.45) is 17.8 Å². The second-order valence-electron chi connectivity index (χ2n) is 8.66. The van der Waals surface area contributed by atoms with E-state index in [4.69, 9.17) is 4.74 Å². The normalized spacial score (nSPS) is 33.8. The summed E-state index contributed by atoms with van der Waals surface area (Å²) in [7, 11) is 2.29. The Balaban J connectivity index is 1.79. The maximum absolute atomic E-state index is 10.4. The van der Waals surface area contributed by atoms with Crippen molar-refractivity contribution in [2.45, 2.75) is 71.5 Å². The van der Waals surface area contributed by atoms with Crippen LogP contribution in [-0.4, -0.2) is 55.1 Å². The van der Waals surface area contributed by atoms with E-state index in [0.717, 1.165) is 16.9 Å². The molecule has 0 spiro atoms. The number of ether oxygens (including phenoxy) is 1. The van der Waals surface area contributed by atoms with Crippen molar-refractivity contribution in [1.29, 1.82) is 0 Å². The first-order valence-corrected chi connectivity index (χ1v) is 9.53. The summed E-state index contributed by atoms with van der Waals surface area (Å²) >= 11 is 0. The number of piperidine rings is 1. The average Bonchev–Trinajstić information content (AvgIpc) is 2.45. The SMILES string of the molecule is CC(C)[C@H]1CC[C@H](C)C[C@@H]1OC[C@@H](O)C[N+]1(C)CCCCC1. The second-order valence-corrected chi connectivity index (χ2v) is 8.66. The van der Waals surface area contributed by atoms with Crippen LogP contribution in [0.15, 0.2) is 0 Å². The van der Waals surface area contributed by atoms with Gasteiger partial charge in [0.1, 0.15) is 12.6 Å². The highest BCUT2D eigenvalue weighted by atomic mass is 16.5. The van der Waals surface area contributed by atoms with Crippen LogP contribution in [0.3, 0.4) is 0 Å². The summed E-state index contributed by atoms with van der Waals surface area (Å²) in [6, 6.07) is 0. The Bertz CT molecular complexity index is 325. The van der Waals surface area contributed by atoms with Gasteiger partial charge in [-0.15, -0.1) is 0 Å². The van der Waals surface area contributed by atoms with E-state index in [-0.39, 0.29) is 6.10 Å². The number of hydrogen-bond acceptors (Lipinski definition) is 2. The predicted molar refractivity (Wildman–Crippen MR) is 91.7 cm³/mol. The Morgan fingerprint density at radius 3 is 2.45 bits per heavy atom. The van der Waals surface area contributed by atoms with Crippen molar-refractivity contribution >= 4 is 0 Å². The molecule has 3 heteroatoms. The summed E-state index contributed by atoms with van der Waals surface area (Å²) in [5.74, 6) is 2.12. The Labute approximate surface area is 137 Å². The van der Waals surface area contributed by atoms with Gasteiger partial charge in [-0.25, -0.2) is 0 Å². The van der Waals surface area contributed by atoms with Crippen LogP contribution >= 0.6 is 0 Å². The van der Waals surface area contributed by atoms with Crippen LogP contribution in [-0.2, 0) is 4.74 Å². The van der Waals surface area contributed by atoms with Crippen molar-refractivity contribution in [2.75, 3.05) is 33.3 Å². The summed E-state index contributed by atoms with van der Waals surface area (Å²) in [6.45, 7) is 10.8.